The highest BCUT2D eigenvalue weighted by atomic mass is 16.5. The van der Waals surface area contributed by atoms with Crippen LogP contribution in [0.2, 0.25) is 0 Å². The second-order valence-electron chi connectivity index (χ2n) is 11.5. The number of hydrogen-bond donors (Lipinski definition) is 4. The van der Waals surface area contributed by atoms with Gasteiger partial charge < -0.3 is 39.9 Å². The minimum Gasteiger partial charge on any atom is -0.453 e. The number of benzene rings is 1. The van der Waals surface area contributed by atoms with Gasteiger partial charge in [-0.25, -0.2) is 19.6 Å². The van der Waals surface area contributed by atoms with Crippen LogP contribution < -0.4 is 10.6 Å². The molecule has 5 rings (SSSR count). The van der Waals surface area contributed by atoms with Crippen molar-refractivity contribution in [1.29, 1.82) is 0 Å². The number of likely N-dealkylation sites (tertiary alicyclic amines) is 2. The summed E-state index contributed by atoms with van der Waals surface area (Å²) in [5.41, 5.74) is 2.84. The lowest BCUT2D eigenvalue weighted by atomic mass is 10.1. The number of H-pyrrole nitrogens is 2. The molecular weight excluding hydrogens is 616 g/mol. The van der Waals surface area contributed by atoms with E-state index in [-0.39, 0.29) is 23.9 Å². The van der Waals surface area contributed by atoms with Crippen LogP contribution in [0.3, 0.4) is 0 Å². The van der Waals surface area contributed by atoms with Crippen molar-refractivity contribution >= 4 is 24.0 Å². The summed E-state index contributed by atoms with van der Waals surface area (Å²) in [5, 5.41) is 5.05. The molecule has 250 valence electrons. The average molecular weight is 655 g/mol. The van der Waals surface area contributed by atoms with Gasteiger partial charge in [0.15, 0.2) is 0 Å². The lowest BCUT2D eigenvalue weighted by Crippen LogP contribution is -2.46. The normalized spacial score (nSPS) is 18.1. The monoisotopic (exact) mass is 654 g/mol. The Bertz CT molecular complexity index is 1650. The molecule has 0 radical (unpaired) electrons. The number of hydrogen-bond acceptors (Lipinski definition) is 8. The predicted octanol–water partition coefficient (Wildman–Crippen LogP) is 2.75. The van der Waals surface area contributed by atoms with E-state index in [2.05, 4.69) is 63.7 Å². The molecule has 4 N–H and O–H groups in total. The number of rotatable bonds is 6. The molecule has 1 aromatic carbocycles. The summed E-state index contributed by atoms with van der Waals surface area (Å²) in [6.45, 7) is 4.41. The van der Waals surface area contributed by atoms with Gasteiger partial charge in [0.2, 0.25) is 11.8 Å². The van der Waals surface area contributed by atoms with Crippen LogP contribution >= 0.6 is 0 Å². The van der Waals surface area contributed by atoms with Gasteiger partial charge >= 0.3 is 12.2 Å². The van der Waals surface area contributed by atoms with Crippen LogP contribution in [0.15, 0.2) is 36.7 Å². The molecule has 48 heavy (non-hydrogen) atoms. The number of imidazole rings is 2. The maximum atomic E-state index is 12.9. The van der Waals surface area contributed by atoms with Crippen LogP contribution in [0.5, 0.6) is 0 Å². The summed E-state index contributed by atoms with van der Waals surface area (Å²) >= 11 is 0. The molecule has 4 amide bonds. The third-order valence-corrected chi connectivity index (χ3v) is 8.24. The fourth-order valence-corrected chi connectivity index (χ4v) is 5.78. The Morgan fingerprint density at radius 3 is 1.50 bits per heavy atom. The van der Waals surface area contributed by atoms with Gasteiger partial charge in [0.1, 0.15) is 35.1 Å². The van der Waals surface area contributed by atoms with Crippen molar-refractivity contribution in [2.45, 2.75) is 63.7 Å². The molecule has 0 bridgehead atoms. The molecule has 2 aliphatic heterocycles. The summed E-state index contributed by atoms with van der Waals surface area (Å²) in [4.78, 5) is 67.8. The van der Waals surface area contributed by atoms with Gasteiger partial charge in [-0.3, -0.25) is 9.59 Å². The highest BCUT2D eigenvalue weighted by molar-refractivity contribution is 5.86. The van der Waals surface area contributed by atoms with Gasteiger partial charge in [0.05, 0.1) is 38.7 Å². The number of alkyl carbamates (subject to hydrolysis) is 2. The zero-order valence-corrected chi connectivity index (χ0v) is 27.3. The lowest BCUT2D eigenvalue weighted by Gasteiger charge is -2.26. The number of nitrogens with zero attached hydrogens (tertiary/aromatic N) is 4. The topological polar surface area (TPSA) is 175 Å². The fraction of sp³-hybridized carbons (Fsp3) is 0.412. The third-order valence-electron chi connectivity index (χ3n) is 8.24. The minimum absolute atomic E-state index is 0.198. The van der Waals surface area contributed by atoms with Gasteiger partial charge in [-0.15, -0.1) is 0 Å². The van der Waals surface area contributed by atoms with Crippen molar-refractivity contribution in [2.75, 3.05) is 27.3 Å². The molecule has 2 fully saturated rings. The van der Waals surface area contributed by atoms with Crippen molar-refractivity contribution in [3.63, 3.8) is 0 Å². The Labute approximate surface area is 278 Å². The highest BCUT2D eigenvalue weighted by Crippen LogP contribution is 2.31. The number of carbonyl (C=O) groups is 4. The molecular formula is C34H38N8O6. The van der Waals surface area contributed by atoms with E-state index in [4.69, 9.17) is 0 Å². The van der Waals surface area contributed by atoms with E-state index >= 15 is 0 Å². The SMILES string of the molecule is COC(=O)N[C@@H](C)C(=O)N1CCC[C@@H]1c1ncc(C#Cc2ccc(C#Cc3cnc([C@H]4CCCN4C(=O)[C@H](C)NC(=O)OC)[nH]3)cc2)[nH]1. The van der Waals surface area contributed by atoms with Crippen LogP contribution in [-0.4, -0.2) is 93.1 Å². The predicted molar refractivity (Wildman–Crippen MR) is 173 cm³/mol. The van der Waals surface area contributed by atoms with Crippen LogP contribution in [0.1, 0.15) is 85.8 Å². The third kappa shape index (κ3) is 7.96. The fourth-order valence-electron chi connectivity index (χ4n) is 5.78. The van der Waals surface area contributed by atoms with E-state index in [9.17, 15) is 19.2 Å². The molecule has 0 aliphatic carbocycles. The van der Waals surface area contributed by atoms with Gasteiger partial charge in [0.25, 0.3) is 0 Å². The van der Waals surface area contributed by atoms with Crippen LogP contribution in [0.25, 0.3) is 0 Å². The first kappa shape index (κ1) is 33.6. The Kier molecular flexibility index (Phi) is 10.7. The molecule has 14 nitrogen and oxygen atoms in total. The maximum absolute atomic E-state index is 12.9. The first-order valence-corrected chi connectivity index (χ1v) is 15.7. The Balaban J connectivity index is 1.18. The summed E-state index contributed by atoms with van der Waals surface area (Å²) < 4.78 is 9.21. The van der Waals surface area contributed by atoms with Crippen molar-refractivity contribution in [1.82, 2.24) is 40.4 Å². The minimum atomic E-state index is -0.718. The van der Waals surface area contributed by atoms with Gasteiger partial charge in [-0.2, -0.15) is 0 Å². The van der Waals surface area contributed by atoms with E-state index in [1.54, 1.807) is 36.0 Å². The van der Waals surface area contributed by atoms with Crippen molar-refractivity contribution in [3.8, 4) is 23.7 Å². The quantitative estimate of drug-likeness (QED) is 0.294. The summed E-state index contributed by atoms with van der Waals surface area (Å²) in [7, 11) is 2.51. The largest absolute Gasteiger partial charge is 0.453 e. The number of aromatic nitrogens is 4. The second kappa shape index (κ2) is 15.2. The molecule has 0 spiro atoms. The smallest absolute Gasteiger partial charge is 0.407 e. The standard InChI is InChI=1S/C34H38N8O6/c1-21(37-33(45)47-3)31(43)41-17-5-7-27(41)29-35-19-25(39-29)15-13-23-9-11-24(12-10-23)14-16-26-20-36-30(40-26)28-8-6-18-42(28)32(44)22(2)38-34(46)48-4/h9-12,19-22,27-28H,5-8,17-18H2,1-4H3,(H,35,39)(H,36,40)(H,37,45)(H,38,46)/t21-,22-,27+,28+/m0/s1. The summed E-state index contributed by atoms with van der Waals surface area (Å²) in [6.07, 6.45) is 5.17. The number of nitrogens with one attached hydrogen (secondary N) is 4. The van der Waals surface area contributed by atoms with E-state index < -0.39 is 24.3 Å². The van der Waals surface area contributed by atoms with E-state index in [1.807, 2.05) is 24.3 Å². The van der Waals surface area contributed by atoms with Crippen molar-refractivity contribution < 1.29 is 28.7 Å². The summed E-state index contributed by atoms with van der Waals surface area (Å²) in [5.74, 6) is 13.3. The lowest BCUT2D eigenvalue weighted by molar-refractivity contribution is -0.134. The zero-order valence-electron chi connectivity index (χ0n) is 27.3. The molecule has 14 heteroatoms. The number of aromatic amines is 2. The molecule has 4 atom stereocenters. The second-order valence-corrected chi connectivity index (χ2v) is 11.5. The van der Waals surface area contributed by atoms with Gasteiger partial charge in [-0.05, 0) is 75.6 Å². The van der Waals surface area contributed by atoms with E-state index in [0.29, 0.717) is 36.1 Å². The average Bonchev–Trinajstić information content (AvgIpc) is 3.92. The Morgan fingerprint density at radius 1 is 0.729 bits per heavy atom. The zero-order chi connectivity index (χ0) is 34.2. The molecule has 0 unspecified atom stereocenters. The molecule has 4 heterocycles. The maximum Gasteiger partial charge on any atom is 0.407 e. The number of ether oxygens (including phenoxy) is 2. The van der Waals surface area contributed by atoms with Crippen molar-refractivity contribution in [2.24, 2.45) is 0 Å². The molecule has 3 aromatic rings. The summed E-state index contributed by atoms with van der Waals surface area (Å²) in [6, 6.07) is 5.64. The highest BCUT2D eigenvalue weighted by Gasteiger charge is 2.36. The van der Waals surface area contributed by atoms with Gasteiger partial charge in [-0.1, -0.05) is 11.8 Å². The number of carbonyl (C=O) groups excluding carboxylic acids is 4. The Morgan fingerprint density at radius 2 is 1.12 bits per heavy atom. The van der Waals surface area contributed by atoms with Crippen LogP contribution in [0.4, 0.5) is 9.59 Å². The Hall–Kier alpha value is -5.76. The van der Waals surface area contributed by atoms with Crippen LogP contribution in [0, 0.1) is 23.7 Å². The molecule has 2 aromatic heterocycles. The molecule has 0 saturated carbocycles. The first-order chi connectivity index (χ1) is 23.2. The van der Waals surface area contributed by atoms with E-state index in [1.165, 1.54) is 14.2 Å². The number of methoxy groups -OCH3 is 2. The first-order valence-electron chi connectivity index (χ1n) is 15.7. The van der Waals surface area contributed by atoms with Crippen LogP contribution in [-0.2, 0) is 19.1 Å². The number of amides is 4. The van der Waals surface area contributed by atoms with E-state index in [0.717, 1.165) is 36.8 Å². The molecule has 2 aliphatic rings. The molecule has 2 saturated heterocycles. The van der Waals surface area contributed by atoms with Crippen molar-refractivity contribution in [3.05, 3.63) is 70.8 Å². The van der Waals surface area contributed by atoms with Gasteiger partial charge in [0, 0.05) is 24.2 Å².